The molecule has 0 bridgehead atoms. The smallest absolute Gasteiger partial charge is 0.274 e. The lowest BCUT2D eigenvalue weighted by atomic mass is 10.0. The molecule has 138 valence electrons. The molecule has 1 aliphatic heterocycles. The number of aromatic nitrogens is 2. The van der Waals surface area contributed by atoms with Gasteiger partial charge in [-0.3, -0.25) is 4.79 Å². The van der Waals surface area contributed by atoms with Gasteiger partial charge in [-0.25, -0.2) is 9.97 Å². The van der Waals surface area contributed by atoms with Gasteiger partial charge in [-0.1, -0.05) is 6.92 Å². The Kier molecular flexibility index (Phi) is 5.55. The number of carbonyl (C=O) groups excluding carboxylic acids is 1. The highest BCUT2D eigenvalue weighted by Crippen LogP contribution is 2.29. The van der Waals surface area contributed by atoms with Crippen molar-refractivity contribution in [1.82, 2.24) is 9.97 Å². The van der Waals surface area contributed by atoms with Crippen LogP contribution in [0.25, 0.3) is 0 Å². The number of ether oxygens (including phenoxy) is 2. The summed E-state index contributed by atoms with van der Waals surface area (Å²) in [6.45, 7) is 4.05. The Balaban J connectivity index is 1.77. The molecule has 3 rings (SSSR count). The van der Waals surface area contributed by atoms with Gasteiger partial charge in [-0.2, -0.15) is 0 Å². The molecule has 2 heterocycles. The Labute approximate surface area is 153 Å². The molecular formula is C19H24N4O3. The van der Waals surface area contributed by atoms with E-state index >= 15 is 0 Å². The van der Waals surface area contributed by atoms with Crippen molar-refractivity contribution >= 4 is 17.5 Å². The molecule has 1 fully saturated rings. The van der Waals surface area contributed by atoms with Crippen molar-refractivity contribution in [2.24, 2.45) is 5.92 Å². The summed E-state index contributed by atoms with van der Waals surface area (Å²) in [5.74, 6) is 2.08. The fraction of sp³-hybridized carbons (Fsp3) is 0.421. The van der Waals surface area contributed by atoms with Crippen molar-refractivity contribution in [3.05, 3.63) is 36.2 Å². The van der Waals surface area contributed by atoms with Gasteiger partial charge in [0.2, 0.25) is 5.95 Å². The Morgan fingerprint density at radius 1 is 1.27 bits per heavy atom. The van der Waals surface area contributed by atoms with Gasteiger partial charge < -0.3 is 19.7 Å². The Bertz CT molecular complexity index is 781. The van der Waals surface area contributed by atoms with Crippen LogP contribution in [-0.4, -0.2) is 43.2 Å². The second-order valence-corrected chi connectivity index (χ2v) is 6.46. The lowest BCUT2D eigenvalue weighted by molar-refractivity contribution is 0.102. The van der Waals surface area contributed by atoms with Crippen molar-refractivity contribution in [1.29, 1.82) is 0 Å². The third-order valence-electron chi connectivity index (χ3n) is 4.47. The Hall–Kier alpha value is -2.83. The van der Waals surface area contributed by atoms with E-state index in [4.69, 9.17) is 9.47 Å². The summed E-state index contributed by atoms with van der Waals surface area (Å²) in [6, 6.07) is 6.83. The first-order chi connectivity index (χ1) is 12.6. The molecule has 26 heavy (non-hydrogen) atoms. The summed E-state index contributed by atoms with van der Waals surface area (Å²) in [4.78, 5) is 23.6. The van der Waals surface area contributed by atoms with E-state index in [1.807, 2.05) is 0 Å². The normalized spacial score (nSPS) is 16.9. The molecule has 1 saturated heterocycles. The summed E-state index contributed by atoms with van der Waals surface area (Å²) in [6.07, 6.45) is 3.96. The molecule has 7 heteroatoms. The number of rotatable bonds is 5. The lowest BCUT2D eigenvalue weighted by Gasteiger charge is -2.30. The molecule has 1 aromatic heterocycles. The average Bonchev–Trinajstić information content (AvgIpc) is 2.68. The number of benzene rings is 1. The summed E-state index contributed by atoms with van der Waals surface area (Å²) < 4.78 is 10.5. The fourth-order valence-electron chi connectivity index (χ4n) is 3.09. The number of anilines is 2. The zero-order valence-corrected chi connectivity index (χ0v) is 15.4. The van der Waals surface area contributed by atoms with Crippen LogP contribution in [0.5, 0.6) is 11.5 Å². The summed E-state index contributed by atoms with van der Waals surface area (Å²) >= 11 is 0. The number of hydrogen-bond acceptors (Lipinski definition) is 6. The van der Waals surface area contributed by atoms with Crippen LogP contribution >= 0.6 is 0 Å². The molecule has 2 aromatic rings. The van der Waals surface area contributed by atoms with Crippen molar-refractivity contribution in [3.63, 3.8) is 0 Å². The van der Waals surface area contributed by atoms with Crippen molar-refractivity contribution in [2.45, 2.75) is 19.8 Å². The molecular weight excluding hydrogens is 332 g/mol. The predicted molar refractivity (Wildman–Crippen MR) is 100 cm³/mol. The highest BCUT2D eigenvalue weighted by Gasteiger charge is 2.20. The number of nitrogens with zero attached hydrogens (tertiary/aromatic N) is 3. The van der Waals surface area contributed by atoms with Crippen LogP contribution < -0.4 is 19.7 Å². The van der Waals surface area contributed by atoms with Gasteiger partial charge in [0.25, 0.3) is 5.91 Å². The van der Waals surface area contributed by atoms with Crippen molar-refractivity contribution in [2.75, 3.05) is 37.5 Å². The molecule has 1 aromatic carbocycles. The maximum atomic E-state index is 12.6. The number of carbonyl (C=O) groups is 1. The van der Waals surface area contributed by atoms with Crippen molar-refractivity contribution < 1.29 is 14.3 Å². The van der Waals surface area contributed by atoms with E-state index in [1.54, 1.807) is 44.7 Å². The molecule has 1 aliphatic rings. The first-order valence-corrected chi connectivity index (χ1v) is 8.72. The minimum absolute atomic E-state index is 0.304. The highest BCUT2D eigenvalue weighted by molar-refractivity contribution is 6.03. The molecule has 1 N–H and O–H groups in total. The van der Waals surface area contributed by atoms with E-state index < -0.39 is 0 Å². The van der Waals surface area contributed by atoms with Gasteiger partial charge in [0.15, 0.2) is 0 Å². The van der Waals surface area contributed by atoms with Gasteiger partial charge in [0.05, 0.1) is 19.9 Å². The van der Waals surface area contributed by atoms with Gasteiger partial charge in [-0.15, -0.1) is 0 Å². The molecule has 0 aliphatic carbocycles. The van der Waals surface area contributed by atoms with Crippen LogP contribution in [0.4, 0.5) is 11.6 Å². The highest BCUT2D eigenvalue weighted by atomic mass is 16.5. The molecule has 1 atom stereocenters. The number of amides is 1. The minimum Gasteiger partial charge on any atom is -0.497 e. The summed E-state index contributed by atoms with van der Waals surface area (Å²) in [7, 11) is 3.13. The molecule has 1 unspecified atom stereocenters. The maximum Gasteiger partial charge on any atom is 0.274 e. The van der Waals surface area contributed by atoms with Crippen LogP contribution in [0.3, 0.4) is 0 Å². The monoisotopic (exact) mass is 356 g/mol. The first kappa shape index (κ1) is 18.0. The second kappa shape index (κ2) is 8.03. The SMILES string of the molecule is COc1ccc(NC(=O)c2ccnc(N3CCCC(C)C3)n2)c(OC)c1. The van der Waals surface area contributed by atoms with Crippen LogP contribution in [0, 0.1) is 5.92 Å². The largest absolute Gasteiger partial charge is 0.497 e. The number of methoxy groups -OCH3 is 2. The number of piperidine rings is 1. The Morgan fingerprint density at radius 3 is 2.85 bits per heavy atom. The number of hydrogen-bond donors (Lipinski definition) is 1. The van der Waals surface area contributed by atoms with E-state index in [9.17, 15) is 4.79 Å². The molecule has 7 nitrogen and oxygen atoms in total. The zero-order valence-electron chi connectivity index (χ0n) is 15.4. The van der Waals surface area contributed by atoms with Gasteiger partial charge in [-0.05, 0) is 37.0 Å². The van der Waals surface area contributed by atoms with E-state index in [0.717, 1.165) is 19.5 Å². The average molecular weight is 356 g/mol. The number of nitrogens with one attached hydrogen (secondary N) is 1. The lowest BCUT2D eigenvalue weighted by Crippen LogP contribution is -2.35. The summed E-state index contributed by atoms with van der Waals surface area (Å²) in [5, 5.41) is 2.84. The Morgan fingerprint density at radius 2 is 2.12 bits per heavy atom. The topological polar surface area (TPSA) is 76.6 Å². The van der Waals surface area contributed by atoms with Crippen LogP contribution in [0.2, 0.25) is 0 Å². The minimum atomic E-state index is -0.304. The molecule has 0 saturated carbocycles. The third kappa shape index (κ3) is 4.04. The van der Waals surface area contributed by atoms with Gasteiger partial charge in [0.1, 0.15) is 17.2 Å². The van der Waals surface area contributed by atoms with Gasteiger partial charge >= 0.3 is 0 Å². The van der Waals surface area contributed by atoms with E-state index in [0.29, 0.717) is 34.7 Å². The summed E-state index contributed by atoms with van der Waals surface area (Å²) in [5.41, 5.74) is 0.885. The van der Waals surface area contributed by atoms with Crippen LogP contribution in [0.15, 0.2) is 30.5 Å². The first-order valence-electron chi connectivity index (χ1n) is 8.72. The molecule has 0 spiro atoms. The van der Waals surface area contributed by atoms with Crippen molar-refractivity contribution in [3.8, 4) is 11.5 Å². The zero-order chi connectivity index (χ0) is 18.5. The second-order valence-electron chi connectivity index (χ2n) is 6.46. The quantitative estimate of drug-likeness (QED) is 0.887. The van der Waals surface area contributed by atoms with E-state index in [2.05, 4.69) is 27.1 Å². The van der Waals surface area contributed by atoms with E-state index in [1.165, 1.54) is 6.42 Å². The van der Waals surface area contributed by atoms with Gasteiger partial charge in [0, 0.05) is 25.4 Å². The van der Waals surface area contributed by atoms with Crippen LogP contribution in [0.1, 0.15) is 30.3 Å². The van der Waals surface area contributed by atoms with E-state index in [-0.39, 0.29) is 5.91 Å². The maximum absolute atomic E-state index is 12.6. The molecule has 1 amide bonds. The van der Waals surface area contributed by atoms with Crippen LogP contribution in [-0.2, 0) is 0 Å². The fourth-order valence-corrected chi connectivity index (χ4v) is 3.09. The third-order valence-corrected chi connectivity index (χ3v) is 4.47. The standard InChI is InChI=1S/C19H24N4O3/c1-13-5-4-10-23(12-13)19-20-9-8-16(22-19)18(24)21-15-7-6-14(25-2)11-17(15)26-3/h6-9,11,13H,4-5,10,12H2,1-3H3,(H,21,24). The molecule has 0 radical (unpaired) electrons. The predicted octanol–water partition coefficient (Wildman–Crippen LogP) is 2.98.